The molecule has 1 aliphatic heterocycles. The topological polar surface area (TPSA) is 44.4 Å². The number of hydrogen-bond donors (Lipinski definition) is 2. The molecular formula is C24H31N3OS. The second-order valence-corrected chi connectivity index (χ2v) is 8.14. The van der Waals surface area contributed by atoms with E-state index in [2.05, 4.69) is 41.8 Å². The minimum absolute atomic E-state index is 0.128. The van der Waals surface area contributed by atoms with E-state index in [0.717, 1.165) is 56.6 Å². The lowest BCUT2D eigenvalue weighted by Gasteiger charge is -2.26. The predicted molar refractivity (Wildman–Crippen MR) is 124 cm³/mol. The summed E-state index contributed by atoms with van der Waals surface area (Å²) in [5, 5.41) is 7.18. The molecule has 0 spiro atoms. The first-order chi connectivity index (χ1) is 14.2. The first-order valence-corrected chi connectivity index (χ1v) is 11.0. The molecule has 0 saturated carbocycles. The molecule has 2 aromatic carbocycles. The largest absolute Gasteiger partial charge is 0.362 e. The molecule has 2 aromatic rings. The van der Waals surface area contributed by atoms with Crippen LogP contribution >= 0.6 is 12.2 Å². The highest BCUT2D eigenvalue weighted by Crippen LogP contribution is 2.16. The standard InChI is InChI=1S/C24H31N3OS/c1-2-19(17-20-9-5-3-6-10-20)18-25-24(29)26-22-13-11-21(12-14-22)23(28)27-15-7-4-8-16-27/h3,5-6,9-14,19H,2,4,7-8,15-18H2,1H3,(H2,25,26,29)/t19-/m0/s1. The fourth-order valence-electron chi connectivity index (χ4n) is 3.70. The third-order valence-electron chi connectivity index (χ3n) is 5.53. The molecule has 154 valence electrons. The molecule has 0 bridgehead atoms. The van der Waals surface area contributed by atoms with Crippen LogP contribution in [0.4, 0.5) is 5.69 Å². The first kappa shape index (κ1) is 21.3. The zero-order valence-corrected chi connectivity index (χ0v) is 18.0. The van der Waals surface area contributed by atoms with Crippen molar-refractivity contribution in [2.75, 3.05) is 25.0 Å². The molecule has 0 radical (unpaired) electrons. The summed E-state index contributed by atoms with van der Waals surface area (Å²) in [5.41, 5.74) is 2.99. The van der Waals surface area contributed by atoms with Gasteiger partial charge in [-0.1, -0.05) is 43.7 Å². The zero-order chi connectivity index (χ0) is 20.5. The van der Waals surface area contributed by atoms with E-state index in [-0.39, 0.29) is 5.91 Å². The van der Waals surface area contributed by atoms with Gasteiger partial charge in [0.15, 0.2) is 5.11 Å². The molecule has 0 aliphatic carbocycles. The Morgan fingerprint density at radius 2 is 1.72 bits per heavy atom. The molecule has 1 aliphatic rings. The lowest BCUT2D eigenvalue weighted by molar-refractivity contribution is 0.0724. The summed E-state index contributed by atoms with van der Waals surface area (Å²) in [7, 11) is 0. The summed E-state index contributed by atoms with van der Waals surface area (Å²) in [4.78, 5) is 14.5. The number of nitrogens with zero attached hydrogens (tertiary/aromatic N) is 1. The maximum absolute atomic E-state index is 12.6. The summed E-state index contributed by atoms with van der Waals surface area (Å²) in [6, 6.07) is 18.2. The molecule has 5 heteroatoms. The van der Waals surface area contributed by atoms with Gasteiger partial charge in [-0.2, -0.15) is 0 Å². The second-order valence-electron chi connectivity index (χ2n) is 7.73. The van der Waals surface area contributed by atoms with E-state index in [1.807, 2.05) is 35.2 Å². The average molecular weight is 410 g/mol. The van der Waals surface area contributed by atoms with E-state index in [1.54, 1.807) is 0 Å². The van der Waals surface area contributed by atoms with Gasteiger partial charge in [0.25, 0.3) is 5.91 Å². The van der Waals surface area contributed by atoms with Gasteiger partial charge in [-0.25, -0.2) is 0 Å². The van der Waals surface area contributed by atoms with Crippen molar-refractivity contribution in [3.05, 3.63) is 65.7 Å². The van der Waals surface area contributed by atoms with Crippen molar-refractivity contribution in [2.45, 2.75) is 39.0 Å². The minimum atomic E-state index is 0.128. The minimum Gasteiger partial charge on any atom is -0.362 e. The van der Waals surface area contributed by atoms with E-state index >= 15 is 0 Å². The van der Waals surface area contributed by atoms with Gasteiger partial charge < -0.3 is 15.5 Å². The predicted octanol–water partition coefficient (Wildman–Crippen LogP) is 4.87. The van der Waals surface area contributed by atoms with Crippen LogP contribution in [0.3, 0.4) is 0 Å². The number of nitrogens with one attached hydrogen (secondary N) is 2. The van der Waals surface area contributed by atoms with Crippen molar-refractivity contribution in [1.82, 2.24) is 10.2 Å². The van der Waals surface area contributed by atoms with Gasteiger partial charge in [-0.15, -0.1) is 0 Å². The van der Waals surface area contributed by atoms with Crippen molar-refractivity contribution in [3.63, 3.8) is 0 Å². The van der Waals surface area contributed by atoms with Gasteiger partial charge in [-0.3, -0.25) is 4.79 Å². The summed E-state index contributed by atoms with van der Waals surface area (Å²) < 4.78 is 0. The van der Waals surface area contributed by atoms with Crippen LogP contribution in [0.5, 0.6) is 0 Å². The smallest absolute Gasteiger partial charge is 0.253 e. The molecule has 1 amide bonds. The van der Waals surface area contributed by atoms with Crippen LogP contribution in [0.2, 0.25) is 0 Å². The summed E-state index contributed by atoms with van der Waals surface area (Å²) in [6.45, 7) is 4.79. The zero-order valence-electron chi connectivity index (χ0n) is 17.2. The number of carbonyl (C=O) groups excluding carboxylic acids is 1. The Labute approximate surface area is 179 Å². The van der Waals surface area contributed by atoms with Crippen LogP contribution in [0.1, 0.15) is 48.5 Å². The van der Waals surface area contributed by atoms with Crippen LogP contribution in [0.15, 0.2) is 54.6 Å². The Kier molecular flexibility index (Phi) is 8.05. The molecule has 4 nitrogen and oxygen atoms in total. The van der Waals surface area contributed by atoms with E-state index < -0.39 is 0 Å². The van der Waals surface area contributed by atoms with Gasteiger partial charge >= 0.3 is 0 Å². The summed E-state index contributed by atoms with van der Waals surface area (Å²) in [5.74, 6) is 0.658. The number of hydrogen-bond acceptors (Lipinski definition) is 2. The number of likely N-dealkylation sites (tertiary alicyclic amines) is 1. The van der Waals surface area contributed by atoms with Gasteiger partial charge in [0.2, 0.25) is 0 Å². The SMILES string of the molecule is CC[C@H](CNC(=S)Nc1ccc(C(=O)N2CCCCC2)cc1)Cc1ccccc1. The average Bonchev–Trinajstić information content (AvgIpc) is 2.78. The molecule has 1 heterocycles. The van der Waals surface area contributed by atoms with Gasteiger partial charge in [0.1, 0.15) is 0 Å². The summed E-state index contributed by atoms with van der Waals surface area (Å²) >= 11 is 5.46. The molecule has 1 saturated heterocycles. The quantitative estimate of drug-likeness (QED) is 0.641. The number of amides is 1. The Morgan fingerprint density at radius 1 is 1.03 bits per heavy atom. The van der Waals surface area contributed by atoms with Crippen molar-refractivity contribution in [3.8, 4) is 0 Å². The Bertz CT molecular complexity index is 786. The normalized spacial score (nSPS) is 14.9. The number of piperidine rings is 1. The number of benzene rings is 2. The second kappa shape index (κ2) is 11.0. The molecule has 0 aromatic heterocycles. The highest BCUT2D eigenvalue weighted by Gasteiger charge is 2.18. The number of thiocarbonyl (C=S) groups is 1. The van der Waals surface area contributed by atoms with Crippen molar-refractivity contribution in [2.24, 2.45) is 5.92 Å². The summed E-state index contributed by atoms with van der Waals surface area (Å²) in [6.07, 6.45) is 5.57. The van der Waals surface area contributed by atoms with Gasteiger partial charge in [-0.05, 0) is 73.6 Å². The van der Waals surface area contributed by atoms with Gasteiger partial charge in [0.05, 0.1) is 0 Å². The Balaban J connectivity index is 1.46. The number of anilines is 1. The lowest BCUT2D eigenvalue weighted by atomic mass is 9.97. The Hall–Kier alpha value is -2.40. The van der Waals surface area contributed by atoms with Crippen LogP contribution in [0, 0.1) is 5.92 Å². The van der Waals surface area contributed by atoms with Crippen molar-refractivity contribution in [1.29, 1.82) is 0 Å². The van der Waals surface area contributed by atoms with Crippen LogP contribution in [0.25, 0.3) is 0 Å². The van der Waals surface area contributed by atoms with Crippen molar-refractivity contribution < 1.29 is 4.79 Å². The third kappa shape index (κ3) is 6.57. The first-order valence-electron chi connectivity index (χ1n) is 10.6. The monoisotopic (exact) mass is 409 g/mol. The maximum atomic E-state index is 12.6. The molecule has 1 atom stereocenters. The van der Waals surface area contributed by atoms with E-state index in [4.69, 9.17) is 12.2 Å². The highest BCUT2D eigenvalue weighted by molar-refractivity contribution is 7.80. The molecule has 0 unspecified atom stereocenters. The molecule has 2 N–H and O–H groups in total. The van der Waals surface area contributed by atoms with E-state index in [0.29, 0.717) is 11.0 Å². The van der Waals surface area contributed by atoms with E-state index in [1.165, 1.54) is 12.0 Å². The lowest BCUT2D eigenvalue weighted by Crippen LogP contribution is -2.35. The van der Waals surface area contributed by atoms with Crippen molar-refractivity contribution >= 4 is 28.9 Å². The third-order valence-corrected chi connectivity index (χ3v) is 5.78. The number of rotatable bonds is 7. The van der Waals surface area contributed by atoms with Gasteiger partial charge in [0, 0.05) is 30.9 Å². The maximum Gasteiger partial charge on any atom is 0.253 e. The number of carbonyl (C=O) groups is 1. The molecular weight excluding hydrogens is 378 g/mol. The van der Waals surface area contributed by atoms with Crippen LogP contribution in [-0.2, 0) is 6.42 Å². The molecule has 3 rings (SSSR count). The van der Waals surface area contributed by atoms with E-state index in [9.17, 15) is 4.79 Å². The fraction of sp³-hybridized carbons (Fsp3) is 0.417. The van der Waals surface area contributed by atoms with Crippen LogP contribution in [-0.4, -0.2) is 35.6 Å². The molecule has 1 fully saturated rings. The highest BCUT2D eigenvalue weighted by atomic mass is 32.1. The van der Waals surface area contributed by atoms with Crippen LogP contribution < -0.4 is 10.6 Å². The molecule has 29 heavy (non-hydrogen) atoms. The Morgan fingerprint density at radius 3 is 2.38 bits per heavy atom. The fourth-order valence-corrected chi connectivity index (χ4v) is 3.90.